The molecule has 0 aromatic heterocycles. The van der Waals surface area contributed by atoms with Crippen molar-refractivity contribution in [2.75, 3.05) is 18.6 Å². The van der Waals surface area contributed by atoms with Crippen LogP contribution in [0.25, 0.3) is 0 Å². The van der Waals surface area contributed by atoms with Gasteiger partial charge in [0.05, 0.1) is 12.0 Å². The minimum atomic E-state index is -3.75. The van der Waals surface area contributed by atoms with Gasteiger partial charge in [0.15, 0.2) is 0 Å². The monoisotopic (exact) mass is 374 g/mol. The van der Waals surface area contributed by atoms with Gasteiger partial charge in [-0.2, -0.15) is 4.72 Å². The average Bonchev–Trinajstić information content (AvgIpc) is 3.01. The number of carbonyl (C=O) groups is 1. The molecule has 1 atom stereocenters. The zero-order valence-corrected chi connectivity index (χ0v) is 15.6. The second kappa shape index (κ2) is 7.47. The van der Waals surface area contributed by atoms with Crippen LogP contribution in [0.4, 0.5) is 5.69 Å². The van der Waals surface area contributed by atoms with Gasteiger partial charge >= 0.3 is 0 Å². The van der Waals surface area contributed by atoms with Gasteiger partial charge in [0, 0.05) is 12.2 Å². The molecule has 0 aliphatic carbocycles. The van der Waals surface area contributed by atoms with Crippen molar-refractivity contribution in [1.29, 1.82) is 0 Å². The number of amides is 1. The Labute approximate surface area is 153 Å². The summed E-state index contributed by atoms with van der Waals surface area (Å²) in [4.78, 5) is 14.5. The molecule has 1 saturated heterocycles. The Morgan fingerprint density at radius 3 is 2.50 bits per heavy atom. The van der Waals surface area contributed by atoms with Crippen molar-refractivity contribution in [3.63, 3.8) is 0 Å². The smallest absolute Gasteiger partial charge is 0.245 e. The van der Waals surface area contributed by atoms with Gasteiger partial charge in [-0.3, -0.25) is 4.79 Å². The molecule has 1 fully saturated rings. The first-order chi connectivity index (χ1) is 12.5. The van der Waals surface area contributed by atoms with Crippen molar-refractivity contribution in [2.45, 2.75) is 30.7 Å². The Morgan fingerprint density at radius 2 is 1.85 bits per heavy atom. The van der Waals surface area contributed by atoms with Crippen LogP contribution in [0, 0.1) is 0 Å². The fourth-order valence-corrected chi connectivity index (χ4v) is 4.65. The Morgan fingerprint density at radius 1 is 1.15 bits per heavy atom. The van der Waals surface area contributed by atoms with E-state index >= 15 is 0 Å². The molecule has 0 radical (unpaired) electrons. The van der Waals surface area contributed by atoms with Gasteiger partial charge in [0.25, 0.3) is 0 Å². The number of aryl methyl sites for hydroxylation is 1. The fourth-order valence-electron chi connectivity index (χ4n) is 3.12. The molecule has 0 spiro atoms. The largest absolute Gasteiger partial charge is 0.497 e. The van der Waals surface area contributed by atoms with Crippen LogP contribution in [-0.2, 0) is 21.2 Å². The Bertz CT molecular complexity index is 894. The van der Waals surface area contributed by atoms with Gasteiger partial charge in [0.2, 0.25) is 15.9 Å². The first-order valence-electron chi connectivity index (χ1n) is 8.52. The number of nitrogens with one attached hydrogen (secondary N) is 1. The van der Waals surface area contributed by atoms with Crippen molar-refractivity contribution in [1.82, 2.24) is 4.72 Å². The van der Waals surface area contributed by atoms with E-state index in [0.717, 1.165) is 11.3 Å². The van der Waals surface area contributed by atoms with Crippen LogP contribution < -0.4 is 14.4 Å². The molecule has 7 heteroatoms. The molecule has 3 rings (SSSR count). The quantitative estimate of drug-likeness (QED) is 0.842. The predicted molar refractivity (Wildman–Crippen MR) is 99.9 cm³/mol. The lowest BCUT2D eigenvalue weighted by atomic mass is 10.2. The summed E-state index contributed by atoms with van der Waals surface area (Å²) >= 11 is 0. The van der Waals surface area contributed by atoms with E-state index in [1.165, 1.54) is 0 Å². The Kier molecular flexibility index (Phi) is 5.29. The number of rotatable bonds is 6. The van der Waals surface area contributed by atoms with Crippen LogP contribution in [0.3, 0.4) is 0 Å². The average molecular weight is 374 g/mol. The SMILES string of the molecule is CCc1ccccc1S(=O)(=O)NC1CCN(c2ccc(OC)cc2)C1=O. The first kappa shape index (κ1) is 18.4. The van der Waals surface area contributed by atoms with Gasteiger partial charge in [-0.1, -0.05) is 25.1 Å². The molecule has 0 bridgehead atoms. The molecule has 1 unspecified atom stereocenters. The third kappa shape index (κ3) is 3.59. The lowest BCUT2D eigenvalue weighted by Crippen LogP contribution is -2.41. The number of benzene rings is 2. The number of methoxy groups -OCH3 is 1. The number of carbonyl (C=O) groups excluding carboxylic acids is 1. The van der Waals surface area contributed by atoms with E-state index in [2.05, 4.69) is 4.72 Å². The maximum atomic E-state index is 12.7. The third-order valence-electron chi connectivity index (χ3n) is 4.53. The minimum Gasteiger partial charge on any atom is -0.497 e. The number of nitrogens with zero attached hydrogens (tertiary/aromatic N) is 1. The van der Waals surface area contributed by atoms with Gasteiger partial charge in [-0.15, -0.1) is 0 Å². The van der Waals surface area contributed by atoms with E-state index in [0.29, 0.717) is 25.1 Å². The summed E-state index contributed by atoms with van der Waals surface area (Å²) in [6, 6.07) is 13.2. The molecule has 138 valence electrons. The summed E-state index contributed by atoms with van der Waals surface area (Å²) in [5.41, 5.74) is 1.46. The number of anilines is 1. The maximum absolute atomic E-state index is 12.7. The molecule has 2 aromatic carbocycles. The highest BCUT2D eigenvalue weighted by molar-refractivity contribution is 7.89. The molecule has 6 nitrogen and oxygen atoms in total. The molecular weight excluding hydrogens is 352 g/mol. The molecule has 26 heavy (non-hydrogen) atoms. The van der Waals surface area contributed by atoms with E-state index in [9.17, 15) is 13.2 Å². The van der Waals surface area contributed by atoms with Crippen molar-refractivity contribution in [3.8, 4) is 5.75 Å². The first-order valence-corrected chi connectivity index (χ1v) is 10.00. The Hall–Kier alpha value is -2.38. The highest BCUT2D eigenvalue weighted by Crippen LogP contribution is 2.25. The summed E-state index contributed by atoms with van der Waals surface area (Å²) in [6.07, 6.45) is 1.03. The van der Waals surface area contributed by atoms with Crippen molar-refractivity contribution >= 4 is 21.6 Å². The topological polar surface area (TPSA) is 75.7 Å². The van der Waals surface area contributed by atoms with Crippen molar-refractivity contribution < 1.29 is 17.9 Å². The molecule has 1 heterocycles. The van der Waals surface area contributed by atoms with Gasteiger partial charge < -0.3 is 9.64 Å². The molecule has 1 N–H and O–H groups in total. The van der Waals surface area contributed by atoms with E-state index in [1.54, 1.807) is 54.5 Å². The summed E-state index contributed by atoms with van der Waals surface area (Å²) < 4.78 is 33.2. The predicted octanol–water partition coefficient (Wildman–Crippen LogP) is 2.34. The zero-order valence-electron chi connectivity index (χ0n) is 14.8. The lowest BCUT2D eigenvalue weighted by molar-refractivity contribution is -0.118. The summed E-state index contributed by atoms with van der Waals surface area (Å²) in [7, 11) is -2.17. The minimum absolute atomic E-state index is 0.234. The van der Waals surface area contributed by atoms with E-state index in [4.69, 9.17) is 4.74 Å². The molecule has 0 saturated carbocycles. The molecule has 1 amide bonds. The second-order valence-electron chi connectivity index (χ2n) is 6.11. The molecule has 2 aromatic rings. The highest BCUT2D eigenvalue weighted by Gasteiger charge is 2.36. The number of ether oxygens (including phenoxy) is 1. The van der Waals surface area contributed by atoms with Crippen LogP contribution in [0.1, 0.15) is 18.9 Å². The van der Waals surface area contributed by atoms with E-state index < -0.39 is 16.1 Å². The number of hydrogen-bond donors (Lipinski definition) is 1. The summed E-state index contributed by atoms with van der Waals surface area (Å²) in [5.74, 6) is 0.460. The van der Waals surface area contributed by atoms with Crippen LogP contribution in [0.2, 0.25) is 0 Å². The summed E-state index contributed by atoms with van der Waals surface area (Å²) in [5, 5.41) is 0. The standard InChI is InChI=1S/C19H22N2O4S/c1-3-14-6-4-5-7-18(14)26(23,24)20-17-12-13-21(19(17)22)15-8-10-16(25-2)11-9-15/h4-11,17,20H,3,12-13H2,1-2H3. The fraction of sp³-hybridized carbons (Fsp3) is 0.316. The lowest BCUT2D eigenvalue weighted by Gasteiger charge is -2.18. The van der Waals surface area contributed by atoms with Crippen LogP contribution in [-0.4, -0.2) is 34.0 Å². The maximum Gasteiger partial charge on any atom is 0.245 e. The molecule has 1 aliphatic heterocycles. The van der Waals surface area contributed by atoms with Gasteiger partial charge in [-0.05, 0) is 48.7 Å². The van der Waals surface area contributed by atoms with Crippen molar-refractivity contribution in [3.05, 3.63) is 54.1 Å². The van der Waals surface area contributed by atoms with E-state index in [1.807, 2.05) is 13.0 Å². The van der Waals surface area contributed by atoms with Gasteiger partial charge in [0.1, 0.15) is 11.8 Å². The van der Waals surface area contributed by atoms with Gasteiger partial charge in [-0.25, -0.2) is 8.42 Å². The zero-order chi connectivity index (χ0) is 18.7. The normalized spacial score (nSPS) is 17.5. The van der Waals surface area contributed by atoms with Crippen LogP contribution in [0.15, 0.2) is 53.4 Å². The third-order valence-corrected chi connectivity index (χ3v) is 6.10. The molecule has 1 aliphatic rings. The number of sulfonamides is 1. The van der Waals surface area contributed by atoms with Crippen LogP contribution in [0.5, 0.6) is 5.75 Å². The van der Waals surface area contributed by atoms with E-state index in [-0.39, 0.29) is 10.8 Å². The Balaban J connectivity index is 1.77. The molecular formula is C19H22N2O4S. The second-order valence-corrected chi connectivity index (χ2v) is 7.79. The summed E-state index contributed by atoms with van der Waals surface area (Å²) in [6.45, 7) is 2.37. The van der Waals surface area contributed by atoms with Crippen molar-refractivity contribution in [2.24, 2.45) is 0 Å². The van der Waals surface area contributed by atoms with Crippen LogP contribution >= 0.6 is 0 Å². The highest BCUT2D eigenvalue weighted by atomic mass is 32.2. The number of hydrogen-bond acceptors (Lipinski definition) is 4.